The number of hydrogen-bond acceptors (Lipinski definition) is 3. The molecule has 1 aromatic rings. The van der Waals surface area contributed by atoms with Gasteiger partial charge in [0.2, 0.25) is 5.95 Å². The van der Waals surface area contributed by atoms with Crippen LogP contribution in [0.3, 0.4) is 0 Å². The molecule has 1 atom stereocenters. The Balaban J connectivity index is 1.58. The summed E-state index contributed by atoms with van der Waals surface area (Å²) in [5.74, 6) is 2.06. The number of nitrogens with one attached hydrogen (secondary N) is 1. The van der Waals surface area contributed by atoms with Crippen LogP contribution in [0.4, 0.5) is 5.95 Å². The van der Waals surface area contributed by atoms with Crippen LogP contribution in [-0.2, 0) is 6.54 Å². The van der Waals surface area contributed by atoms with Crippen molar-refractivity contribution in [2.24, 2.45) is 5.92 Å². The summed E-state index contributed by atoms with van der Waals surface area (Å²) in [6.45, 7) is 6.88. The average Bonchev–Trinajstić information content (AvgIpc) is 3.10. The number of nitrogens with zero attached hydrogens (tertiary/aromatic N) is 3. The van der Waals surface area contributed by atoms with Crippen LogP contribution in [0.1, 0.15) is 39.0 Å². The van der Waals surface area contributed by atoms with E-state index in [4.69, 9.17) is 0 Å². The summed E-state index contributed by atoms with van der Waals surface area (Å²) in [7, 11) is 0. The summed E-state index contributed by atoms with van der Waals surface area (Å²) >= 11 is 0. The first kappa shape index (κ1) is 13.0. The van der Waals surface area contributed by atoms with Crippen molar-refractivity contribution in [1.82, 2.24) is 14.9 Å². The van der Waals surface area contributed by atoms with Crippen LogP contribution >= 0.6 is 0 Å². The Morgan fingerprint density at radius 1 is 1.32 bits per heavy atom. The van der Waals surface area contributed by atoms with Crippen molar-refractivity contribution in [3.8, 4) is 0 Å². The van der Waals surface area contributed by atoms with Crippen LogP contribution in [0.5, 0.6) is 0 Å². The lowest BCUT2D eigenvalue weighted by Crippen LogP contribution is -2.41. The fourth-order valence-electron chi connectivity index (χ4n) is 3.62. The zero-order valence-electron chi connectivity index (χ0n) is 12.0. The van der Waals surface area contributed by atoms with Crippen molar-refractivity contribution >= 4 is 5.95 Å². The highest BCUT2D eigenvalue weighted by molar-refractivity contribution is 5.32. The van der Waals surface area contributed by atoms with Crippen molar-refractivity contribution in [2.75, 3.05) is 24.5 Å². The molecule has 0 amide bonds. The number of aryl methyl sites for hydroxylation is 1. The molecule has 0 saturated carbocycles. The molecule has 2 saturated heterocycles. The molecule has 2 aliphatic heterocycles. The van der Waals surface area contributed by atoms with E-state index in [9.17, 15) is 0 Å². The zero-order chi connectivity index (χ0) is 13.1. The molecule has 0 aromatic carbocycles. The first-order chi connectivity index (χ1) is 9.38. The van der Waals surface area contributed by atoms with E-state index in [0.29, 0.717) is 0 Å². The summed E-state index contributed by atoms with van der Waals surface area (Å²) in [5.41, 5.74) is 0. The molecular formula is C15H26N4. The van der Waals surface area contributed by atoms with E-state index < -0.39 is 0 Å². The topological polar surface area (TPSA) is 33.1 Å². The second-order valence-corrected chi connectivity index (χ2v) is 5.95. The van der Waals surface area contributed by atoms with E-state index in [2.05, 4.69) is 32.9 Å². The molecular weight excluding hydrogens is 236 g/mol. The van der Waals surface area contributed by atoms with Gasteiger partial charge in [-0.25, -0.2) is 4.98 Å². The van der Waals surface area contributed by atoms with Gasteiger partial charge in [0.1, 0.15) is 0 Å². The van der Waals surface area contributed by atoms with Crippen molar-refractivity contribution in [3.63, 3.8) is 0 Å². The van der Waals surface area contributed by atoms with Crippen molar-refractivity contribution in [3.05, 3.63) is 12.4 Å². The summed E-state index contributed by atoms with van der Waals surface area (Å²) in [5, 5.41) is 3.67. The van der Waals surface area contributed by atoms with Crippen LogP contribution in [0.15, 0.2) is 12.4 Å². The highest BCUT2D eigenvalue weighted by Gasteiger charge is 2.29. The van der Waals surface area contributed by atoms with Gasteiger partial charge < -0.3 is 14.8 Å². The van der Waals surface area contributed by atoms with Crippen LogP contribution in [-0.4, -0.2) is 35.2 Å². The lowest BCUT2D eigenvalue weighted by atomic mass is 9.89. The van der Waals surface area contributed by atoms with Crippen molar-refractivity contribution < 1.29 is 0 Å². The van der Waals surface area contributed by atoms with E-state index in [1.165, 1.54) is 57.7 Å². The number of hydrogen-bond donors (Lipinski definition) is 1. The Kier molecular flexibility index (Phi) is 4.06. The highest BCUT2D eigenvalue weighted by Crippen LogP contribution is 2.27. The SMILES string of the molecule is CCCn1ccnc1N1CCC(C2CCCN2)CC1. The molecule has 0 bridgehead atoms. The molecule has 0 aliphatic carbocycles. The average molecular weight is 262 g/mol. The van der Waals surface area contributed by atoms with Crippen LogP contribution < -0.4 is 10.2 Å². The molecule has 19 heavy (non-hydrogen) atoms. The zero-order valence-corrected chi connectivity index (χ0v) is 12.0. The van der Waals surface area contributed by atoms with E-state index in [0.717, 1.165) is 18.5 Å². The van der Waals surface area contributed by atoms with Gasteiger partial charge in [0.05, 0.1) is 0 Å². The highest BCUT2D eigenvalue weighted by atomic mass is 15.3. The normalized spacial score (nSPS) is 25.1. The Hall–Kier alpha value is -1.03. The minimum atomic E-state index is 0.789. The standard InChI is InChI=1S/C15H26N4/c1-2-9-18-12-8-17-15(18)19-10-5-13(6-11-19)14-4-3-7-16-14/h8,12-14,16H,2-7,9-11H2,1H3. The second-order valence-electron chi connectivity index (χ2n) is 5.95. The predicted octanol–water partition coefficient (Wildman–Crippen LogP) is 2.26. The van der Waals surface area contributed by atoms with Crippen LogP contribution in [0.2, 0.25) is 0 Å². The smallest absolute Gasteiger partial charge is 0.205 e. The fraction of sp³-hybridized carbons (Fsp3) is 0.800. The Morgan fingerprint density at radius 3 is 2.84 bits per heavy atom. The number of piperidine rings is 1. The summed E-state index contributed by atoms with van der Waals surface area (Å²) in [6, 6.07) is 0.789. The third kappa shape index (κ3) is 2.78. The van der Waals surface area contributed by atoms with Crippen molar-refractivity contribution in [2.45, 2.75) is 51.6 Å². The molecule has 106 valence electrons. The first-order valence-corrected chi connectivity index (χ1v) is 7.88. The van der Waals surface area contributed by atoms with Gasteiger partial charge in [-0.05, 0) is 44.6 Å². The molecule has 1 aromatic heterocycles. The third-order valence-corrected chi connectivity index (χ3v) is 4.65. The van der Waals surface area contributed by atoms with Gasteiger partial charge in [-0.1, -0.05) is 6.92 Å². The lowest BCUT2D eigenvalue weighted by Gasteiger charge is -2.35. The van der Waals surface area contributed by atoms with Crippen LogP contribution in [0.25, 0.3) is 0 Å². The molecule has 4 heteroatoms. The molecule has 1 unspecified atom stereocenters. The Morgan fingerprint density at radius 2 is 2.16 bits per heavy atom. The largest absolute Gasteiger partial charge is 0.342 e. The minimum absolute atomic E-state index is 0.789. The maximum atomic E-state index is 4.55. The Labute approximate surface area is 116 Å². The monoisotopic (exact) mass is 262 g/mol. The summed E-state index contributed by atoms with van der Waals surface area (Å²) < 4.78 is 2.30. The van der Waals surface area contributed by atoms with E-state index in [-0.39, 0.29) is 0 Å². The number of aromatic nitrogens is 2. The number of anilines is 1. The summed E-state index contributed by atoms with van der Waals surface area (Å²) in [4.78, 5) is 7.03. The van der Waals surface area contributed by atoms with Gasteiger partial charge >= 0.3 is 0 Å². The van der Waals surface area contributed by atoms with Gasteiger partial charge in [0.25, 0.3) is 0 Å². The maximum Gasteiger partial charge on any atom is 0.205 e. The van der Waals surface area contributed by atoms with Crippen molar-refractivity contribution in [1.29, 1.82) is 0 Å². The minimum Gasteiger partial charge on any atom is -0.342 e. The maximum absolute atomic E-state index is 4.55. The molecule has 3 rings (SSSR count). The van der Waals surface area contributed by atoms with Gasteiger partial charge in [0, 0.05) is 38.1 Å². The van der Waals surface area contributed by atoms with E-state index in [1.54, 1.807) is 0 Å². The first-order valence-electron chi connectivity index (χ1n) is 7.88. The molecule has 0 spiro atoms. The molecule has 4 nitrogen and oxygen atoms in total. The van der Waals surface area contributed by atoms with Gasteiger partial charge in [0.15, 0.2) is 0 Å². The van der Waals surface area contributed by atoms with Gasteiger partial charge in [-0.3, -0.25) is 0 Å². The van der Waals surface area contributed by atoms with Crippen LogP contribution in [0, 0.1) is 5.92 Å². The predicted molar refractivity (Wildman–Crippen MR) is 78.5 cm³/mol. The van der Waals surface area contributed by atoms with Gasteiger partial charge in [-0.15, -0.1) is 0 Å². The molecule has 2 aliphatic rings. The quantitative estimate of drug-likeness (QED) is 0.903. The lowest BCUT2D eigenvalue weighted by molar-refractivity contribution is 0.316. The second kappa shape index (κ2) is 5.95. The third-order valence-electron chi connectivity index (χ3n) is 4.65. The van der Waals surface area contributed by atoms with E-state index >= 15 is 0 Å². The summed E-state index contributed by atoms with van der Waals surface area (Å²) in [6.07, 6.45) is 10.6. The Bertz CT molecular complexity index is 387. The van der Waals surface area contributed by atoms with E-state index in [1.807, 2.05) is 6.20 Å². The van der Waals surface area contributed by atoms with Gasteiger partial charge in [-0.2, -0.15) is 0 Å². The number of rotatable bonds is 4. The fourth-order valence-corrected chi connectivity index (χ4v) is 3.62. The molecule has 0 radical (unpaired) electrons. The molecule has 2 fully saturated rings. The number of imidazole rings is 1. The molecule has 3 heterocycles. The molecule has 1 N–H and O–H groups in total.